The van der Waals surface area contributed by atoms with Crippen molar-refractivity contribution in [1.29, 1.82) is 0 Å². The van der Waals surface area contributed by atoms with Gasteiger partial charge in [0.05, 0.1) is 25.3 Å². The molecule has 116 valence electrons. The van der Waals surface area contributed by atoms with Gasteiger partial charge in [-0.2, -0.15) is 0 Å². The number of carbonyl (C=O) groups is 1. The van der Waals surface area contributed by atoms with Gasteiger partial charge in [0.25, 0.3) is 11.8 Å². The number of methoxy groups -OCH3 is 1. The monoisotopic (exact) mass is 306 g/mol. The van der Waals surface area contributed by atoms with E-state index in [1.54, 1.807) is 12.1 Å². The molecule has 1 N–H and O–H groups in total. The highest BCUT2D eigenvalue weighted by atomic mass is 19.1. The van der Waals surface area contributed by atoms with Crippen LogP contribution in [0.4, 0.5) is 4.39 Å². The Labute approximate surface area is 126 Å². The molecule has 3 rings (SSSR count). The first-order valence-electron chi connectivity index (χ1n) is 6.83. The fourth-order valence-corrected chi connectivity index (χ4v) is 2.64. The zero-order valence-corrected chi connectivity index (χ0v) is 11.9. The molecule has 0 radical (unpaired) electrons. The van der Waals surface area contributed by atoms with Crippen LogP contribution in [0.25, 0.3) is 0 Å². The number of halogens is 1. The molecule has 22 heavy (non-hydrogen) atoms. The maximum absolute atomic E-state index is 13.0. The average molecular weight is 306 g/mol. The Kier molecular flexibility index (Phi) is 3.81. The SMILES string of the molecule is COc1cc(C(=O)N2C[C@H](O)C[C@@H]2c2ccc(F)cc2)on1. The first-order chi connectivity index (χ1) is 10.6. The topological polar surface area (TPSA) is 75.8 Å². The van der Waals surface area contributed by atoms with Crippen molar-refractivity contribution in [3.63, 3.8) is 0 Å². The van der Waals surface area contributed by atoms with E-state index in [0.717, 1.165) is 5.56 Å². The number of hydrogen-bond donors (Lipinski definition) is 1. The van der Waals surface area contributed by atoms with Gasteiger partial charge in [-0.15, -0.1) is 0 Å². The number of likely N-dealkylation sites (tertiary alicyclic amines) is 1. The van der Waals surface area contributed by atoms with Crippen LogP contribution in [0.2, 0.25) is 0 Å². The molecule has 1 aromatic carbocycles. The first kappa shape index (κ1) is 14.5. The quantitative estimate of drug-likeness (QED) is 0.935. The van der Waals surface area contributed by atoms with Gasteiger partial charge in [-0.25, -0.2) is 4.39 Å². The van der Waals surface area contributed by atoms with E-state index in [0.29, 0.717) is 6.42 Å². The van der Waals surface area contributed by atoms with Gasteiger partial charge in [0, 0.05) is 6.54 Å². The summed E-state index contributed by atoms with van der Waals surface area (Å²) in [5.41, 5.74) is 0.762. The number of nitrogens with zero attached hydrogens (tertiary/aromatic N) is 2. The molecule has 0 bridgehead atoms. The van der Waals surface area contributed by atoms with Crippen LogP contribution in [-0.2, 0) is 0 Å². The molecule has 0 spiro atoms. The van der Waals surface area contributed by atoms with Crippen molar-refractivity contribution in [2.45, 2.75) is 18.6 Å². The van der Waals surface area contributed by atoms with Gasteiger partial charge in [-0.1, -0.05) is 12.1 Å². The summed E-state index contributed by atoms with van der Waals surface area (Å²) in [6, 6.07) is 6.95. The zero-order chi connectivity index (χ0) is 15.7. The largest absolute Gasteiger partial charge is 0.479 e. The molecule has 2 atom stereocenters. The van der Waals surface area contributed by atoms with Crippen LogP contribution in [0.5, 0.6) is 5.88 Å². The van der Waals surface area contributed by atoms with E-state index in [-0.39, 0.29) is 36.0 Å². The minimum atomic E-state index is -0.635. The van der Waals surface area contributed by atoms with Crippen molar-refractivity contribution < 1.29 is 23.6 Å². The molecule has 0 unspecified atom stereocenters. The summed E-state index contributed by atoms with van der Waals surface area (Å²) in [4.78, 5) is 14.0. The lowest BCUT2D eigenvalue weighted by molar-refractivity contribution is 0.0673. The van der Waals surface area contributed by atoms with Crippen molar-refractivity contribution in [3.05, 3.63) is 47.5 Å². The Morgan fingerprint density at radius 1 is 1.45 bits per heavy atom. The summed E-state index contributed by atoms with van der Waals surface area (Å²) in [6.07, 6.45) is -0.244. The highest BCUT2D eigenvalue weighted by molar-refractivity contribution is 5.92. The number of β-amino-alcohol motifs (C(OH)–C–C–N with tert-alkyl or cyclic N) is 1. The molecular formula is C15H15FN2O4. The fraction of sp³-hybridized carbons (Fsp3) is 0.333. The maximum Gasteiger partial charge on any atom is 0.293 e. The molecule has 1 amide bonds. The zero-order valence-electron chi connectivity index (χ0n) is 11.9. The molecule has 1 aliphatic rings. The predicted molar refractivity (Wildman–Crippen MR) is 73.9 cm³/mol. The minimum absolute atomic E-state index is 0.0399. The van der Waals surface area contributed by atoms with Gasteiger partial charge in [0.15, 0.2) is 0 Å². The van der Waals surface area contributed by atoms with Crippen LogP contribution in [0.1, 0.15) is 28.6 Å². The number of aromatic nitrogens is 1. The third-order valence-electron chi connectivity index (χ3n) is 3.70. The number of ether oxygens (including phenoxy) is 1. The lowest BCUT2D eigenvalue weighted by Crippen LogP contribution is -2.31. The van der Waals surface area contributed by atoms with Gasteiger partial charge in [0.2, 0.25) is 5.76 Å². The lowest BCUT2D eigenvalue weighted by Gasteiger charge is -2.23. The molecule has 2 heterocycles. The summed E-state index contributed by atoms with van der Waals surface area (Å²) in [6.45, 7) is 0.184. The molecule has 0 aliphatic carbocycles. The summed E-state index contributed by atoms with van der Waals surface area (Å²) >= 11 is 0. The molecule has 1 fully saturated rings. The van der Waals surface area contributed by atoms with Crippen molar-refractivity contribution in [3.8, 4) is 5.88 Å². The molecule has 7 heteroatoms. The molecule has 0 saturated carbocycles. The standard InChI is InChI=1S/C15H15FN2O4/c1-21-14-7-13(22-17-14)15(20)18-8-11(19)6-12(18)9-2-4-10(16)5-3-9/h2-5,7,11-12,19H,6,8H2,1H3/t11-,12-/m1/s1. The predicted octanol–water partition coefficient (Wildman–Crippen LogP) is 1.77. The van der Waals surface area contributed by atoms with Crippen molar-refractivity contribution in [2.75, 3.05) is 13.7 Å². The molecule has 6 nitrogen and oxygen atoms in total. The van der Waals surface area contributed by atoms with E-state index in [1.807, 2.05) is 0 Å². The van der Waals surface area contributed by atoms with Gasteiger partial charge in [-0.3, -0.25) is 4.79 Å². The number of amides is 1. The first-order valence-corrected chi connectivity index (χ1v) is 6.83. The van der Waals surface area contributed by atoms with Gasteiger partial charge >= 0.3 is 0 Å². The third kappa shape index (κ3) is 2.67. The highest BCUT2D eigenvalue weighted by Gasteiger charge is 2.37. The minimum Gasteiger partial charge on any atom is -0.479 e. The normalized spacial score (nSPS) is 21.1. The Morgan fingerprint density at radius 3 is 2.82 bits per heavy atom. The van der Waals surface area contributed by atoms with Crippen molar-refractivity contribution in [2.24, 2.45) is 0 Å². The number of hydrogen-bond acceptors (Lipinski definition) is 5. The number of rotatable bonds is 3. The molecule has 1 saturated heterocycles. The van der Waals surface area contributed by atoms with Gasteiger partial charge in [0.1, 0.15) is 5.82 Å². The summed E-state index contributed by atoms with van der Waals surface area (Å²) in [5.74, 6) is -0.485. The molecule has 1 aliphatic heterocycles. The number of carbonyl (C=O) groups excluding carboxylic acids is 1. The second-order valence-electron chi connectivity index (χ2n) is 5.15. The van der Waals surface area contributed by atoms with Crippen molar-refractivity contribution >= 4 is 5.91 Å². The van der Waals surface area contributed by atoms with E-state index in [2.05, 4.69) is 5.16 Å². The van der Waals surface area contributed by atoms with Gasteiger partial charge in [-0.05, 0) is 29.3 Å². The lowest BCUT2D eigenvalue weighted by atomic mass is 10.0. The van der Waals surface area contributed by atoms with Gasteiger partial charge < -0.3 is 19.3 Å². The molecule has 1 aromatic heterocycles. The number of aliphatic hydroxyl groups is 1. The van der Waals surface area contributed by atoms with E-state index in [9.17, 15) is 14.3 Å². The smallest absolute Gasteiger partial charge is 0.293 e. The molecular weight excluding hydrogens is 291 g/mol. The number of aliphatic hydroxyl groups excluding tert-OH is 1. The summed E-state index contributed by atoms with van der Waals surface area (Å²) < 4.78 is 22.9. The molecule has 2 aromatic rings. The fourth-order valence-electron chi connectivity index (χ4n) is 2.64. The van der Waals surface area contributed by atoms with Crippen LogP contribution in [0.3, 0.4) is 0 Å². The van der Waals surface area contributed by atoms with Crippen molar-refractivity contribution in [1.82, 2.24) is 10.1 Å². The van der Waals surface area contributed by atoms with Crippen LogP contribution in [0, 0.1) is 5.82 Å². The summed E-state index contributed by atoms with van der Waals surface area (Å²) in [5, 5.41) is 13.5. The van der Waals surface area contributed by atoms with Crippen LogP contribution >= 0.6 is 0 Å². The summed E-state index contributed by atoms with van der Waals surface area (Å²) in [7, 11) is 1.42. The Hall–Kier alpha value is -2.41. The van der Waals surface area contributed by atoms with Crippen LogP contribution in [0.15, 0.2) is 34.9 Å². The van der Waals surface area contributed by atoms with E-state index in [4.69, 9.17) is 9.26 Å². The van der Waals surface area contributed by atoms with E-state index >= 15 is 0 Å². The average Bonchev–Trinajstić information content (AvgIpc) is 3.14. The van der Waals surface area contributed by atoms with Crippen LogP contribution in [-0.4, -0.2) is 40.8 Å². The van der Waals surface area contributed by atoms with Crippen LogP contribution < -0.4 is 4.74 Å². The second-order valence-corrected chi connectivity index (χ2v) is 5.15. The van der Waals surface area contributed by atoms with E-state index in [1.165, 1.54) is 30.2 Å². The Morgan fingerprint density at radius 2 is 2.18 bits per heavy atom. The highest BCUT2D eigenvalue weighted by Crippen LogP contribution is 2.33. The Balaban J connectivity index is 1.86. The maximum atomic E-state index is 13.0. The number of benzene rings is 1. The third-order valence-corrected chi connectivity index (χ3v) is 3.70. The van der Waals surface area contributed by atoms with E-state index < -0.39 is 6.10 Å². The Bertz CT molecular complexity index is 670. The second kappa shape index (κ2) is 5.76.